The maximum Gasteiger partial charge on any atom is 0.315 e. The van der Waals surface area contributed by atoms with Gasteiger partial charge in [0.05, 0.1) is 0 Å². The second kappa shape index (κ2) is 4.48. The largest absolute Gasteiger partial charge is 0.336 e. The van der Waals surface area contributed by atoms with Crippen molar-refractivity contribution in [3.63, 3.8) is 0 Å². The van der Waals surface area contributed by atoms with Gasteiger partial charge in [0.25, 0.3) is 0 Å². The van der Waals surface area contributed by atoms with Crippen molar-refractivity contribution < 1.29 is 4.79 Å². The highest BCUT2D eigenvalue weighted by Crippen LogP contribution is 2.36. The number of carbonyl (C=O) groups excluding carboxylic acids is 1. The van der Waals surface area contributed by atoms with Crippen molar-refractivity contribution in [1.82, 2.24) is 16.0 Å². The molecule has 4 nitrogen and oxygen atoms in total. The maximum atomic E-state index is 11.7. The van der Waals surface area contributed by atoms with Crippen molar-refractivity contribution in [2.75, 3.05) is 13.1 Å². The Hall–Kier alpha value is -0.770. The van der Waals surface area contributed by atoms with E-state index < -0.39 is 0 Å². The number of rotatable bonds is 2. The average Bonchev–Trinajstić information content (AvgIpc) is 2.50. The molecule has 17 heavy (non-hydrogen) atoms. The highest BCUT2D eigenvalue weighted by atomic mass is 16.2. The van der Waals surface area contributed by atoms with E-state index in [-0.39, 0.29) is 17.1 Å². The van der Waals surface area contributed by atoms with E-state index in [1.807, 2.05) is 20.8 Å². The molecule has 1 heterocycles. The van der Waals surface area contributed by atoms with Gasteiger partial charge in [-0.3, -0.25) is 0 Å². The predicted octanol–water partition coefficient (Wildman–Crippen LogP) is 1.62. The zero-order valence-corrected chi connectivity index (χ0v) is 11.2. The van der Waals surface area contributed by atoms with E-state index >= 15 is 0 Å². The topological polar surface area (TPSA) is 53.2 Å². The average molecular weight is 239 g/mol. The van der Waals surface area contributed by atoms with Gasteiger partial charge in [-0.05, 0) is 52.5 Å². The van der Waals surface area contributed by atoms with Gasteiger partial charge in [-0.2, -0.15) is 0 Å². The molecule has 0 aromatic heterocycles. The fourth-order valence-corrected chi connectivity index (χ4v) is 3.04. The summed E-state index contributed by atoms with van der Waals surface area (Å²) in [6.07, 6.45) is 5.06. The molecular weight excluding hydrogens is 214 g/mol. The minimum absolute atomic E-state index is 0.0531. The zero-order chi connectivity index (χ0) is 12.5. The molecule has 2 atom stereocenters. The number of amides is 2. The summed E-state index contributed by atoms with van der Waals surface area (Å²) in [4.78, 5) is 11.7. The van der Waals surface area contributed by atoms with Gasteiger partial charge >= 0.3 is 6.03 Å². The molecule has 4 heteroatoms. The first-order chi connectivity index (χ1) is 7.89. The van der Waals surface area contributed by atoms with Crippen LogP contribution in [0.4, 0.5) is 4.79 Å². The summed E-state index contributed by atoms with van der Waals surface area (Å²) in [5, 5.41) is 9.56. The molecule has 2 rings (SSSR count). The second-order valence-electron chi connectivity index (χ2n) is 6.68. The first-order valence-electron chi connectivity index (χ1n) is 6.70. The van der Waals surface area contributed by atoms with Gasteiger partial charge in [-0.1, -0.05) is 6.42 Å². The van der Waals surface area contributed by atoms with E-state index in [4.69, 9.17) is 0 Å². The number of carbonyl (C=O) groups is 1. The maximum absolute atomic E-state index is 11.7. The van der Waals surface area contributed by atoms with Crippen LogP contribution in [0.5, 0.6) is 0 Å². The zero-order valence-electron chi connectivity index (χ0n) is 11.2. The number of hydrogen-bond donors (Lipinski definition) is 3. The minimum Gasteiger partial charge on any atom is -0.336 e. The van der Waals surface area contributed by atoms with Crippen LogP contribution in [0.1, 0.15) is 46.5 Å². The third-order valence-electron chi connectivity index (χ3n) is 3.79. The van der Waals surface area contributed by atoms with Gasteiger partial charge in [-0.25, -0.2) is 4.79 Å². The third-order valence-corrected chi connectivity index (χ3v) is 3.79. The Bertz CT molecular complexity index is 294. The van der Waals surface area contributed by atoms with Gasteiger partial charge in [0, 0.05) is 17.6 Å². The lowest BCUT2D eigenvalue weighted by Gasteiger charge is -2.33. The summed E-state index contributed by atoms with van der Waals surface area (Å²) in [5.41, 5.74) is 0.0120. The van der Waals surface area contributed by atoms with Gasteiger partial charge in [0.1, 0.15) is 0 Å². The van der Waals surface area contributed by atoms with E-state index in [2.05, 4.69) is 16.0 Å². The predicted molar refractivity (Wildman–Crippen MR) is 69.0 cm³/mol. The first kappa shape index (κ1) is 12.7. The summed E-state index contributed by atoms with van der Waals surface area (Å²) < 4.78 is 0. The molecule has 2 amide bonds. The molecule has 0 aromatic carbocycles. The molecule has 2 bridgehead atoms. The smallest absolute Gasteiger partial charge is 0.315 e. The third kappa shape index (κ3) is 3.35. The standard InChI is InChI=1S/C13H25N3O/c1-12(2,3)16-11(17)14-9-13-6-4-5-10(7-13)8-15-13/h10,15H,4-9H2,1-3H3,(H2,14,16,17). The number of fused-ring (bicyclic) bond motifs is 2. The van der Waals surface area contributed by atoms with Crippen LogP contribution in [0.25, 0.3) is 0 Å². The van der Waals surface area contributed by atoms with Crippen molar-refractivity contribution in [1.29, 1.82) is 0 Å². The molecule has 2 fully saturated rings. The molecule has 1 aliphatic carbocycles. The number of urea groups is 1. The van der Waals surface area contributed by atoms with E-state index in [0.717, 1.165) is 19.0 Å². The van der Waals surface area contributed by atoms with E-state index in [1.54, 1.807) is 0 Å². The number of hydrogen-bond acceptors (Lipinski definition) is 2. The molecular formula is C13H25N3O. The van der Waals surface area contributed by atoms with Crippen molar-refractivity contribution in [3.8, 4) is 0 Å². The lowest BCUT2D eigenvalue weighted by Crippen LogP contribution is -2.54. The van der Waals surface area contributed by atoms with Gasteiger partial charge in [0.15, 0.2) is 0 Å². The Kier molecular flexibility index (Phi) is 3.34. The molecule has 3 N–H and O–H groups in total. The highest BCUT2D eigenvalue weighted by molar-refractivity contribution is 5.74. The number of nitrogens with one attached hydrogen (secondary N) is 3. The minimum atomic E-state index is -0.167. The molecule has 98 valence electrons. The molecule has 0 radical (unpaired) electrons. The Morgan fingerprint density at radius 2 is 2.24 bits per heavy atom. The van der Waals surface area contributed by atoms with Crippen molar-refractivity contribution in [2.24, 2.45) is 5.92 Å². The normalized spacial score (nSPS) is 32.3. The van der Waals surface area contributed by atoms with Crippen molar-refractivity contribution >= 4 is 6.03 Å². The Labute approximate surface area is 104 Å². The van der Waals surface area contributed by atoms with E-state index in [0.29, 0.717) is 0 Å². The Morgan fingerprint density at radius 1 is 1.47 bits per heavy atom. The van der Waals surface area contributed by atoms with Crippen LogP contribution in [0, 0.1) is 5.92 Å². The summed E-state index contributed by atoms with van der Waals surface area (Å²) in [6, 6.07) is -0.0531. The summed E-state index contributed by atoms with van der Waals surface area (Å²) >= 11 is 0. The summed E-state index contributed by atoms with van der Waals surface area (Å²) in [5.74, 6) is 0.830. The van der Waals surface area contributed by atoms with Crippen LogP contribution in [0.2, 0.25) is 0 Å². The van der Waals surface area contributed by atoms with Crippen molar-refractivity contribution in [3.05, 3.63) is 0 Å². The SMILES string of the molecule is CC(C)(C)NC(=O)NCC12CCCC(CN1)C2. The van der Waals surface area contributed by atoms with Gasteiger partial charge < -0.3 is 16.0 Å². The molecule has 0 spiro atoms. The highest BCUT2D eigenvalue weighted by Gasteiger charge is 2.41. The Morgan fingerprint density at radius 3 is 2.94 bits per heavy atom. The fourth-order valence-electron chi connectivity index (χ4n) is 3.04. The van der Waals surface area contributed by atoms with Crippen LogP contribution in [-0.2, 0) is 0 Å². The summed E-state index contributed by atoms with van der Waals surface area (Å²) in [6.45, 7) is 7.87. The van der Waals surface area contributed by atoms with E-state index in [1.165, 1.54) is 25.7 Å². The van der Waals surface area contributed by atoms with Crippen LogP contribution < -0.4 is 16.0 Å². The van der Waals surface area contributed by atoms with Gasteiger partial charge in [-0.15, -0.1) is 0 Å². The lowest BCUT2D eigenvalue weighted by atomic mass is 9.80. The monoisotopic (exact) mass is 239 g/mol. The Balaban J connectivity index is 1.80. The quantitative estimate of drug-likeness (QED) is 0.686. The van der Waals surface area contributed by atoms with Crippen LogP contribution in [-0.4, -0.2) is 30.2 Å². The lowest BCUT2D eigenvalue weighted by molar-refractivity contribution is 0.220. The van der Waals surface area contributed by atoms with Crippen LogP contribution in [0.15, 0.2) is 0 Å². The van der Waals surface area contributed by atoms with Crippen LogP contribution >= 0.6 is 0 Å². The molecule has 0 aromatic rings. The van der Waals surface area contributed by atoms with Crippen molar-refractivity contribution in [2.45, 2.75) is 57.5 Å². The van der Waals surface area contributed by atoms with E-state index in [9.17, 15) is 4.79 Å². The molecule has 1 saturated carbocycles. The molecule has 2 unspecified atom stereocenters. The molecule has 2 aliphatic rings. The molecule has 1 saturated heterocycles. The fraction of sp³-hybridized carbons (Fsp3) is 0.923. The summed E-state index contributed by atoms with van der Waals surface area (Å²) in [7, 11) is 0. The first-order valence-corrected chi connectivity index (χ1v) is 6.70. The molecule has 1 aliphatic heterocycles. The second-order valence-corrected chi connectivity index (χ2v) is 6.68. The van der Waals surface area contributed by atoms with Crippen LogP contribution in [0.3, 0.4) is 0 Å². The van der Waals surface area contributed by atoms with Gasteiger partial charge in [0.2, 0.25) is 0 Å².